The summed E-state index contributed by atoms with van der Waals surface area (Å²) in [5.74, 6) is 0.766. The van der Waals surface area contributed by atoms with E-state index in [-0.39, 0.29) is 5.92 Å². The van der Waals surface area contributed by atoms with Crippen molar-refractivity contribution in [3.8, 4) is 0 Å². The number of aromatic nitrogens is 4. The van der Waals surface area contributed by atoms with E-state index in [0.29, 0.717) is 25.3 Å². The smallest absolute Gasteiger partial charge is 0.227 e. The van der Waals surface area contributed by atoms with E-state index < -0.39 is 10.0 Å². The summed E-state index contributed by atoms with van der Waals surface area (Å²) in [5, 5.41) is 17.3. The minimum absolute atomic E-state index is 0.0159. The molecule has 4 rings (SSSR count). The van der Waals surface area contributed by atoms with Gasteiger partial charge in [0.1, 0.15) is 5.82 Å². The standard InChI is InChI=1S/C18H22BrN6O3S/c1-29(27,28)24-7-3-5-14(12-24)16-8-17(25-18(22-16)15(19)10-21-25)20-9-13-4-2-6-23(26)11-13/h2,4,6,8,10-11,14,20,26H,3,5,7,9,12H2,1H3/q+1. The van der Waals surface area contributed by atoms with E-state index in [2.05, 4.69) is 26.3 Å². The van der Waals surface area contributed by atoms with Gasteiger partial charge >= 0.3 is 0 Å². The summed E-state index contributed by atoms with van der Waals surface area (Å²) in [6.45, 7) is 1.46. The first-order valence-electron chi connectivity index (χ1n) is 9.24. The molecule has 0 aliphatic carbocycles. The lowest BCUT2D eigenvalue weighted by atomic mass is 9.96. The second kappa shape index (κ2) is 7.88. The van der Waals surface area contributed by atoms with Crippen molar-refractivity contribution in [2.45, 2.75) is 25.3 Å². The molecule has 1 unspecified atom stereocenters. The Labute approximate surface area is 177 Å². The first kappa shape index (κ1) is 20.0. The minimum atomic E-state index is -3.23. The third-order valence-electron chi connectivity index (χ3n) is 5.04. The molecule has 1 aliphatic heterocycles. The number of halogens is 1. The number of rotatable bonds is 5. The van der Waals surface area contributed by atoms with E-state index in [4.69, 9.17) is 4.98 Å². The molecule has 3 aromatic rings. The molecule has 29 heavy (non-hydrogen) atoms. The van der Waals surface area contributed by atoms with Gasteiger partial charge in [0.2, 0.25) is 22.4 Å². The number of hydrogen-bond acceptors (Lipinski definition) is 6. The van der Waals surface area contributed by atoms with Gasteiger partial charge in [-0.3, -0.25) is 5.21 Å². The zero-order chi connectivity index (χ0) is 20.6. The highest BCUT2D eigenvalue weighted by molar-refractivity contribution is 9.10. The third kappa shape index (κ3) is 4.36. The first-order chi connectivity index (χ1) is 13.8. The summed E-state index contributed by atoms with van der Waals surface area (Å²) in [4.78, 5) is 4.75. The predicted molar refractivity (Wildman–Crippen MR) is 110 cm³/mol. The maximum absolute atomic E-state index is 12.0. The molecule has 2 N–H and O–H groups in total. The van der Waals surface area contributed by atoms with Crippen LogP contribution in [0.1, 0.15) is 30.0 Å². The number of fused-ring (bicyclic) bond motifs is 1. The molecule has 0 radical (unpaired) electrons. The molecule has 11 heteroatoms. The number of piperidine rings is 1. The maximum atomic E-state index is 12.0. The quantitative estimate of drug-likeness (QED) is 0.425. The van der Waals surface area contributed by atoms with Crippen LogP contribution in [0.2, 0.25) is 0 Å². The summed E-state index contributed by atoms with van der Waals surface area (Å²) in [7, 11) is -3.23. The van der Waals surface area contributed by atoms with Gasteiger partial charge in [-0.1, -0.05) is 0 Å². The Balaban J connectivity index is 1.66. The predicted octanol–water partition coefficient (Wildman–Crippen LogP) is 1.77. The van der Waals surface area contributed by atoms with Crippen molar-refractivity contribution in [2.24, 2.45) is 0 Å². The Morgan fingerprint density at radius 1 is 1.45 bits per heavy atom. The van der Waals surface area contributed by atoms with Crippen molar-refractivity contribution in [1.29, 1.82) is 0 Å². The normalized spacial score (nSPS) is 18.2. The zero-order valence-electron chi connectivity index (χ0n) is 15.9. The number of nitrogens with one attached hydrogen (secondary N) is 1. The van der Waals surface area contributed by atoms with E-state index in [0.717, 1.165) is 39.1 Å². The summed E-state index contributed by atoms with van der Waals surface area (Å²) in [6, 6.07) is 5.60. The molecule has 1 atom stereocenters. The fraction of sp³-hybridized carbons (Fsp3) is 0.389. The zero-order valence-corrected chi connectivity index (χ0v) is 18.3. The van der Waals surface area contributed by atoms with Crippen LogP contribution >= 0.6 is 15.9 Å². The van der Waals surface area contributed by atoms with Gasteiger partial charge in [-0.25, -0.2) is 17.7 Å². The van der Waals surface area contributed by atoms with Crippen LogP contribution in [-0.2, 0) is 16.6 Å². The lowest BCUT2D eigenvalue weighted by Crippen LogP contribution is -2.38. The summed E-state index contributed by atoms with van der Waals surface area (Å²) >= 11 is 3.49. The van der Waals surface area contributed by atoms with Gasteiger partial charge in [-0.15, -0.1) is 0 Å². The van der Waals surface area contributed by atoms with Crippen LogP contribution in [-0.4, -0.2) is 51.9 Å². The lowest BCUT2D eigenvalue weighted by molar-refractivity contribution is -0.905. The summed E-state index contributed by atoms with van der Waals surface area (Å²) in [5.41, 5.74) is 2.40. The SMILES string of the molecule is CS(=O)(=O)N1CCCC(c2cc(NCc3ccc[n+](O)c3)n3ncc(Br)c3n2)C1. The Hall–Kier alpha value is -2.24. The van der Waals surface area contributed by atoms with Crippen molar-refractivity contribution in [2.75, 3.05) is 24.7 Å². The Morgan fingerprint density at radius 3 is 3.03 bits per heavy atom. The van der Waals surface area contributed by atoms with Gasteiger partial charge in [0.15, 0.2) is 5.65 Å². The van der Waals surface area contributed by atoms with E-state index in [1.54, 1.807) is 29.2 Å². The van der Waals surface area contributed by atoms with Crippen molar-refractivity contribution < 1.29 is 18.4 Å². The van der Waals surface area contributed by atoms with Crippen LogP contribution in [0.3, 0.4) is 0 Å². The molecule has 154 valence electrons. The molecule has 9 nitrogen and oxygen atoms in total. The monoisotopic (exact) mass is 481 g/mol. The first-order valence-corrected chi connectivity index (χ1v) is 11.9. The molecule has 0 aromatic carbocycles. The third-order valence-corrected chi connectivity index (χ3v) is 6.87. The summed E-state index contributed by atoms with van der Waals surface area (Å²) in [6.07, 6.45) is 7.78. The van der Waals surface area contributed by atoms with Crippen molar-refractivity contribution in [3.05, 3.63) is 52.5 Å². The fourth-order valence-corrected chi connectivity index (χ4v) is 4.84. The van der Waals surface area contributed by atoms with Crippen LogP contribution in [0.15, 0.2) is 41.3 Å². The highest BCUT2D eigenvalue weighted by atomic mass is 79.9. The van der Waals surface area contributed by atoms with Crippen LogP contribution in [0, 0.1) is 0 Å². The fourth-order valence-electron chi connectivity index (χ4n) is 3.58. The number of anilines is 1. The minimum Gasteiger partial charge on any atom is -0.366 e. The number of sulfonamides is 1. The van der Waals surface area contributed by atoms with E-state index >= 15 is 0 Å². The Morgan fingerprint density at radius 2 is 2.28 bits per heavy atom. The van der Waals surface area contributed by atoms with Crippen molar-refractivity contribution >= 4 is 37.4 Å². The summed E-state index contributed by atoms with van der Waals surface area (Å²) < 4.78 is 29.0. The van der Waals surface area contributed by atoms with E-state index in [1.807, 2.05) is 12.1 Å². The Kier molecular flexibility index (Phi) is 5.45. The van der Waals surface area contributed by atoms with Crippen molar-refractivity contribution in [1.82, 2.24) is 18.9 Å². The van der Waals surface area contributed by atoms with Crippen LogP contribution in [0.25, 0.3) is 5.65 Å². The van der Waals surface area contributed by atoms with Gasteiger partial charge in [0, 0.05) is 48.0 Å². The second-order valence-corrected chi connectivity index (χ2v) is 10.0. The largest absolute Gasteiger partial charge is 0.366 e. The van der Waals surface area contributed by atoms with Gasteiger partial charge in [-0.05, 0) is 34.8 Å². The highest BCUT2D eigenvalue weighted by Gasteiger charge is 2.28. The average molecular weight is 482 g/mol. The molecule has 4 heterocycles. The molecule has 0 bridgehead atoms. The molecule has 1 aliphatic rings. The van der Waals surface area contributed by atoms with E-state index in [1.165, 1.54) is 10.6 Å². The van der Waals surface area contributed by atoms with Gasteiger partial charge in [0.25, 0.3) is 0 Å². The van der Waals surface area contributed by atoms with Crippen LogP contribution < -0.4 is 10.0 Å². The number of nitrogens with zero attached hydrogens (tertiary/aromatic N) is 5. The second-order valence-electron chi connectivity index (χ2n) is 7.20. The van der Waals surface area contributed by atoms with E-state index in [9.17, 15) is 13.6 Å². The van der Waals surface area contributed by atoms with Crippen LogP contribution in [0.4, 0.5) is 5.82 Å². The molecule has 1 saturated heterocycles. The lowest BCUT2D eigenvalue weighted by Gasteiger charge is -2.30. The maximum Gasteiger partial charge on any atom is 0.227 e. The van der Waals surface area contributed by atoms with Gasteiger partial charge < -0.3 is 5.32 Å². The average Bonchev–Trinajstić information content (AvgIpc) is 3.07. The molecule has 0 spiro atoms. The number of hydrogen-bond donors (Lipinski definition) is 2. The molecule has 1 fully saturated rings. The van der Waals surface area contributed by atoms with Crippen LogP contribution in [0.5, 0.6) is 0 Å². The van der Waals surface area contributed by atoms with Gasteiger partial charge in [0.05, 0.1) is 22.6 Å². The Bertz CT molecular complexity index is 1150. The highest BCUT2D eigenvalue weighted by Crippen LogP contribution is 2.30. The van der Waals surface area contributed by atoms with Crippen molar-refractivity contribution in [3.63, 3.8) is 0 Å². The molecular weight excluding hydrogens is 460 g/mol. The topological polar surface area (TPSA) is 104 Å². The van der Waals surface area contributed by atoms with Gasteiger partial charge in [-0.2, -0.15) is 9.61 Å². The number of pyridine rings is 1. The molecular formula is C18H22BrN6O3S+. The molecule has 0 saturated carbocycles. The molecule has 3 aromatic heterocycles. The molecule has 0 amide bonds.